The van der Waals surface area contributed by atoms with Gasteiger partial charge in [-0.05, 0) is 19.9 Å². The summed E-state index contributed by atoms with van der Waals surface area (Å²) < 4.78 is 1.74. The molecule has 0 aliphatic heterocycles. The van der Waals surface area contributed by atoms with Crippen LogP contribution in [0.3, 0.4) is 0 Å². The first-order chi connectivity index (χ1) is 10.7. The van der Waals surface area contributed by atoms with Crippen molar-refractivity contribution in [3.63, 3.8) is 0 Å². The molecule has 0 spiro atoms. The molecule has 0 atom stereocenters. The van der Waals surface area contributed by atoms with Gasteiger partial charge in [-0.1, -0.05) is 0 Å². The van der Waals surface area contributed by atoms with Gasteiger partial charge in [-0.15, -0.1) is 0 Å². The van der Waals surface area contributed by atoms with Crippen LogP contribution in [0.4, 0.5) is 5.95 Å². The molecule has 4 rings (SSSR count). The van der Waals surface area contributed by atoms with E-state index in [-0.39, 0.29) is 6.04 Å². The van der Waals surface area contributed by atoms with Crippen LogP contribution in [0.1, 0.15) is 13.8 Å². The van der Waals surface area contributed by atoms with Crippen molar-refractivity contribution in [1.29, 1.82) is 0 Å². The van der Waals surface area contributed by atoms with Gasteiger partial charge in [0.1, 0.15) is 5.65 Å². The van der Waals surface area contributed by atoms with E-state index in [2.05, 4.69) is 44.2 Å². The maximum Gasteiger partial charge on any atom is 0.224 e. The van der Waals surface area contributed by atoms with Crippen LogP contribution in [0.2, 0.25) is 0 Å². The van der Waals surface area contributed by atoms with Gasteiger partial charge in [-0.3, -0.25) is 0 Å². The Morgan fingerprint density at radius 1 is 1.23 bits per heavy atom. The summed E-state index contributed by atoms with van der Waals surface area (Å²) in [6, 6.07) is 4.10. The summed E-state index contributed by atoms with van der Waals surface area (Å²) in [6.07, 6.45) is 7.36. The smallest absolute Gasteiger partial charge is 0.224 e. The molecule has 7 nitrogen and oxygen atoms in total. The van der Waals surface area contributed by atoms with Gasteiger partial charge in [-0.2, -0.15) is 10.1 Å². The number of hydrogen-bond acceptors (Lipinski definition) is 5. The number of H-pyrrole nitrogens is 1. The summed E-state index contributed by atoms with van der Waals surface area (Å²) in [4.78, 5) is 16.7. The van der Waals surface area contributed by atoms with Crippen molar-refractivity contribution in [2.45, 2.75) is 19.9 Å². The van der Waals surface area contributed by atoms with E-state index in [0.717, 1.165) is 27.9 Å². The van der Waals surface area contributed by atoms with Gasteiger partial charge >= 0.3 is 0 Å². The predicted octanol–water partition coefficient (Wildman–Crippen LogP) is 2.49. The monoisotopic (exact) mass is 293 g/mol. The number of rotatable bonds is 3. The number of hydrogen-bond donors (Lipinski definition) is 2. The molecule has 0 radical (unpaired) electrons. The molecule has 4 aromatic heterocycles. The van der Waals surface area contributed by atoms with Crippen molar-refractivity contribution in [1.82, 2.24) is 29.5 Å². The average Bonchev–Trinajstić information content (AvgIpc) is 3.11. The van der Waals surface area contributed by atoms with E-state index in [1.54, 1.807) is 10.7 Å². The Balaban J connectivity index is 1.81. The number of aromatic nitrogens is 6. The standard InChI is InChI=1S/C15H15N7/c1-9(2)19-15-17-8-11-10(7-16-14(11)21-15)12-4-6-22-13(20-12)3-5-18-22/h3-9H,1-2H3,(H2,16,17,19,21). The maximum absolute atomic E-state index is 4.61. The lowest BCUT2D eigenvalue weighted by molar-refractivity contribution is 0.877. The van der Waals surface area contributed by atoms with Crippen LogP contribution in [0.5, 0.6) is 0 Å². The second-order valence-electron chi connectivity index (χ2n) is 5.40. The number of nitrogens with one attached hydrogen (secondary N) is 2. The van der Waals surface area contributed by atoms with Crippen LogP contribution < -0.4 is 5.32 Å². The van der Waals surface area contributed by atoms with E-state index in [0.29, 0.717) is 5.95 Å². The third-order valence-electron chi connectivity index (χ3n) is 3.38. The Bertz CT molecular complexity index is 951. The molecule has 22 heavy (non-hydrogen) atoms. The Morgan fingerprint density at radius 3 is 3.00 bits per heavy atom. The van der Waals surface area contributed by atoms with E-state index in [4.69, 9.17) is 0 Å². The van der Waals surface area contributed by atoms with Gasteiger partial charge in [0.25, 0.3) is 0 Å². The molecule has 110 valence electrons. The number of aromatic amines is 1. The molecular weight excluding hydrogens is 278 g/mol. The van der Waals surface area contributed by atoms with Crippen LogP contribution in [-0.4, -0.2) is 35.6 Å². The van der Waals surface area contributed by atoms with Crippen molar-refractivity contribution in [3.8, 4) is 11.3 Å². The Hall–Kier alpha value is -2.96. The molecule has 0 unspecified atom stereocenters. The minimum Gasteiger partial charge on any atom is -0.352 e. The quantitative estimate of drug-likeness (QED) is 0.606. The fourth-order valence-electron chi connectivity index (χ4n) is 2.41. The summed E-state index contributed by atoms with van der Waals surface area (Å²) in [6.45, 7) is 4.11. The van der Waals surface area contributed by atoms with Crippen molar-refractivity contribution in [3.05, 3.63) is 36.9 Å². The summed E-state index contributed by atoms with van der Waals surface area (Å²) in [5.41, 5.74) is 3.46. The second-order valence-corrected chi connectivity index (χ2v) is 5.40. The van der Waals surface area contributed by atoms with Gasteiger partial charge in [-0.25, -0.2) is 14.5 Å². The molecule has 0 bridgehead atoms. The molecule has 0 saturated carbocycles. The largest absolute Gasteiger partial charge is 0.352 e. The molecule has 0 aromatic carbocycles. The van der Waals surface area contributed by atoms with Crippen LogP contribution in [0.25, 0.3) is 27.9 Å². The van der Waals surface area contributed by atoms with Gasteiger partial charge in [0, 0.05) is 41.6 Å². The molecule has 0 amide bonds. The molecule has 2 N–H and O–H groups in total. The lowest BCUT2D eigenvalue weighted by Crippen LogP contribution is -2.12. The average molecular weight is 293 g/mol. The molecule has 4 heterocycles. The van der Waals surface area contributed by atoms with Gasteiger partial charge in [0.15, 0.2) is 5.65 Å². The SMILES string of the molecule is CC(C)Nc1ncc2c(-c3ccn4nccc4n3)c[nH]c2n1. The highest BCUT2D eigenvalue weighted by molar-refractivity contribution is 5.92. The van der Waals surface area contributed by atoms with E-state index < -0.39 is 0 Å². The molecule has 0 aliphatic carbocycles. The minimum atomic E-state index is 0.290. The van der Waals surface area contributed by atoms with Gasteiger partial charge in [0.05, 0.1) is 11.9 Å². The van der Waals surface area contributed by atoms with Crippen molar-refractivity contribution in [2.24, 2.45) is 0 Å². The first-order valence-electron chi connectivity index (χ1n) is 7.12. The molecule has 0 aliphatic rings. The normalized spacial score (nSPS) is 11.6. The minimum absolute atomic E-state index is 0.290. The zero-order valence-electron chi connectivity index (χ0n) is 12.3. The lowest BCUT2D eigenvalue weighted by atomic mass is 10.2. The van der Waals surface area contributed by atoms with E-state index >= 15 is 0 Å². The second kappa shape index (κ2) is 4.80. The van der Waals surface area contributed by atoms with Crippen LogP contribution in [0, 0.1) is 0 Å². The van der Waals surface area contributed by atoms with Crippen LogP contribution >= 0.6 is 0 Å². The highest BCUT2D eigenvalue weighted by Crippen LogP contribution is 2.26. The van der Waals surface area contributed by atoms with E-state index in [1.165, 1.54) is 0 Å². The summed E-state index contributed by atoms with van der Waals surface area (Å²) in [5.74, 6) is 0.620. The molecule has 0 fully saturated rings. The maximum atomic E-state index is 4.61. The highest BCUT2D eigenvalue weighted by atomic mass is 15.2. The topological polar surface area (TPSA) is 83.8 Å². The van der Waals surface area contributed by atoms with Crippen molar-refractivity contribution >= 4 is 22.6 Å². The third-order valence-corrected chi connectivity index (χ3v) is 3.38. The fourth-order valence-corrected chi connectivity index (χ4v) is 2.41. The van der Waals surface area contributed by atoms with Crippen molar-refractivity contribution in [2.75, 3.05) is 5.32 Å². The molecule has 4 aromatic rings. The van der Waals surface area contributed by atoms with Crippen LogP contribution in [-0.2, 0) is 0 Å². The first-order valence-corrected chi connectivity index (χ1v) is 7.12. The zero-order valence-corrected chi connectivity index (χ0v) is 12.3. The number of nitrogens with zero attached hydrogens (tertiary/aromatic N) is 5. The third kappa shape index (κ3) is 2.07. The Morgan fingerprint density at radius 2 is 2.14 bits per heavy atom. The van der Waals surface area contributed by atoms with Gasteiger partial charge in [0.2, 0.25) is 5.95 Å². The summed E-state index contributed by atoms with van der Waals surface area (Å²) >= 11 is 0. The number of fused-ring (bicyclic) bond motifs is 2. The first kappa shape index (κ1) is 12.8. The van der Waals surface area contributed by atoms with E-state index in [1.807, 2.05) is 30.7 Å². The molecular formula is C15H15N7. The number of anilines is 1. The van der Waals surface area contributed by atoms with Gasteiger partial charge < -0.3 is 10.3 Å². The van der Waals surface area contributed by atoms with Crippen LogP contribution in [0.15, 0.2) is 36.9 Å². The molecule has 0 saturated heterocycles. The highest BCUT2D eigenvalue weighted by Gasteiger charge is 2.11. The summed E-state index contributed by atoms with van der Waals surface area (Å²) in [7, 11) is 0. The zero-order chi connectivity index (χ0) is 15.1. The lowest BCUT2D eigenvalue weighted by Gasteiger charge is -2.07. The Kier molecular flexibility index (Phi) is 2.78. The predicted molar refractivity (Wildman–Crippen MR) is 84.6 cm³/mol. The molecule has 7 heteroatoms. The fraction of sp³-hybridized carbons (Fsp3) is 0.200. The van der Waals surface area contributed by atoms with Crippen molar-refractivity contribution < 1.29 is 0 Å². The van der Waals surface area contributed by atoms with E-state index in [9.17, 15) is 0 Å². The Labute approximate surface area is 126 Å². The summed E-state index contributed by atoms with van der Waals surface area (Å²) in [5, 5.41) is 8.30.